The smallest absolute Gasteiger partial charge is 0.0754 e. The molecule has 8 aromatic carbocycles. The van der Waals surface area contributed by atoms with Crippen LogP contribution < -0.4 is 4.90 Å². The molecule has 0 aromatic heterocycles. The van der Waals surface area contributed by atoms with Crippen LogP contribution in [0.2, 0.25) is 0 Å². The Bertz CT molecular complexity index is 2530. The summed E-state index contributed by atoms with van der Waals surface area (Å²) in [4.78, 5) is 2.67. The molecular weight excluding hydrogens is 555 g/mol. The minimum absolute atomic E-state index is 0.421. The van der Waals surface area contributed by atoms with Gasteiger partial charge in [-0.25, -0.2) is 0 Å². The zero-order valence-corrected chi connectivity index (χ0v) is 24.9. The maximum atomic E-state index is 2.67. The van der Waals surface area contributed by atoms with E-state index in [9.17, 15) is 0 Å². The monoisotopic (exact) mass is 579 g/mol. The molecule has 0 unspecified atom stereocenters. The molecule has 210 valence electrons. The van der Waals surface area contributed by atoms with Gasteiger partial charge >= 0.3 is 0 Å². The van der Waals surface area contributed by atoms with E-state index in [0.717, 1.165) is 0 Å². The van der Waals surface area contributed by atoms with Crippen LogP contribution in [0.5, 0.6) is 0 Å². The first kappa shape index (κ1) is 23.5. The van der Waals surface area contributed by atoms with E-state index in [-0.39, 0.29) is 0 Å². The predicted octanol–water partition coefficient (Wildman–Crippen LogP) is 11.8. The highest BCUT2D eigenvalue weighted by Gasteiger charge is 2.54. The molecule has 1 aliphatic carbocycles. The molecule has 4 aliphatic rings. The zero-order chi connectivity index (χ0) is 29.7. The fraction of sp³-hybridized carbons (Fsp3) is 0.0222. The SMILES string of the molecule is c1ccc(-c2cc3c4c(c2)-c2cccc5ccc6c(c25)N4c2c(ccc4cccc-3c24)C62c3ccccc3-c3ccccc32)cc1. The molecule has 12 rings (SSSR count). The molecule has 46 heavy (non-hydrogen) atoms. The highest BCUT2D eigenvalue weighted by atomic mass is 15.2. The molecule has 0 amide bonds. The summed E-state index contributed by atoms with van der Waals surface area (Å²) in [6.45, 7) is 0. The lowest BCUT2D eigenvalue weighted by Crippen LogP contribution is -2.38. The summed E-state index contributed by atoms with van der Waals surface area (Å²) >= 11 is 0. The van der Waals surface area contributed by atoms with Crippen molar-refractivity contribution in [2.75, 3.05) is 4.90 Å². The van der Waals surface area contributed by atoms with Crippen LogP contribution in [0.25, 0.3) is 66.1 Å². The standard InChI is InChI=1S/C45H25N/c1-2-10-26(11-3-1)29-24-34-32-16-8-12-27-20-22-38-43(40(27)32)46-42(34)35(25-29)33-17-9-13-28-21-23-39(44(46)41(28)33)45(38)36-18-6-4-14-30(36)31-15-5-7-19-37(31)45/h1-25H. The summed E-state index contributed by atoms with van der Waals surface area (Å²) in [7, 11) is 0. The first-order valence-corrected chi connectivity index (χ1v) is 16.2. The molecule has 0 saturated heterocycles. The molecule has 0 bridgehead atoms. The van der Waals surface area contributed by atoms with E-state index in [1.165, 1.54) is 105 Å². The van der Waals surface area contributed by atoms with Crippen molar-refractivity contribution in [3.05, 3.63) is 174 Å². The second kappa shape index (κ2) is 7.83. The van der Waals surface area contributed by atoms with Crippen LogP contribution in [0.15, 0.2) is 152 Å². The van der Waals surface area contributed by atoms with Crippen LogP contribution in [0.4, 0.5) is 17.1 Å². The van der Waals surface area contributed by atoms with Crippen molar-refractivity contribution >= 4 is 38.6 Å². The molecule has 1 spiro atoms. The van der Waals surface area contributed by atoms with Gasteiger partial charge in [-0.05, 0) is 78.5 Å². The number of anilines is 3. The molecular formula is C45H25N. The number of hydrogen-bond acceptors (Lipinski definition) is 1. The Labute approximate surface area is 266 Å². The van der Waals surface area contributed by atoms with Crippen molar-refractivity contribution in [3.63, 3.8) is 0 Å². The lowest BCUT2D eigenvalue weighted by molar-refractivity contribution is 0.756. The highest BCUT2D eigenvalue weighted by Crippen LogP contribution is 2.70. The molecule has 0 N–H and O–H groups in total. The Balaban J connectivity index is 1.36. The molecule has 1 heteroatoms. The fourth-order valence-corrected chi connectivity index (χ4v) is 9.62. The summed E-state index contributed by atoms with van der Waals surface area (Å²) in [6.07, 6.45) is 0. The Morgan fingerprint density at radius 3 is 1.39 bits per heavy atom. The lowest BCUT2D eigenvalue weighted by Gasteiger charge is -2.50. The van der Waals surface area contributed by atoms with Gasteiger partial charge in [0.15, 0.2) is 0 Å². The second-order valence-corrected chi connectivity index (χ2v) is 13.2. The van der Waals surface area contributed by atoms with Gasteiger partial charge in [-0.15, -0.1) is 0 Å². The number of rotatable bonds is 1. The summed E-state index contributed by atoms with van der Waals surface area (Å²) < 4.78 is 0. The maximum Gasteiger partial charge on any atom is 0.0754 e. The first-order chi connectivity index (χ1) is 22.8. The summed E-state index contributed by atoms with van der Waals surface area (Å²) in [5.41, 5.74) is 19.6. The van der Waals surface area contributed by atoms with Crippen molar-refractivity contribution in [3.8, 4) is 44.5 Å². The molecule has 3 aliphatic heterocycles. The second-order valence-electron chi connectivity index (χ2n) is 13.2. The van der Waals surface area contributed by atoms with Crippen molar-refractivity contribution in [2.45, 2.75) is 5.41 Å². The summed E-state index contributed by atoms with van der Waals surface area (Å²) in [5.74, 6) is 0. The van der Waals surface area contributed by atoms with Gasteiger partial charge in [0.25, 0.3) is 0 Å². The predicted molar refractivity (Wildman–Crippen MR) is 190 cm³/mol. The number of benzene rings is 8. The van der Waals surface area contributed by atoms with E-state index >= 15 is 0 Å². The molecule has 1 nitrogen and oxygen atoms in total. The van der Waals surface area contributed by atoms with Gasteiger partial charge in [0.2, 0.25) is 0 Å². The first-order valence-electron chi connectivity index (χ1n) is 16.2. The van der Waals surface area contributed by atoms with Gasteiger partial charge < -0.3 is 4.90 Å². The van der Waals surface area contributed by atoms with Gasteiger partial charge in [0, 0.05) is 21.9 Å². The minimum Gasteiger partial charge on any atom is -0.307 e. The van der Waals surface area contributed by atoms with E-state index in [0.29, 0.717) is 0 Å². The normalized spacial score (nSPS) is 14.7. The van der Waals surface area contributed by atoms with Gasteiger partial charge in [0.05, 0.1) is 22.5 Å². The van der Waals surface area contributed by atoms with Crippen molar-refractivity contribution < 1.29 is 0 Å². The van der Waals surface area contributed by atoms with Crippen LogP contribution in [0.1, 0.15) is 22.3 Å². The third-order valence-electron chi connectivity index (χ3n) is 11.3. The molecule has 8 aromatic rings. The Morgan fingerprint density at radius 2 is 0.826 bits per heavy atom. The van der Waals surface area contributed by atoms with Gasteiger partial charge in [-0.3, -0.25) is 0 Å². The quantitative estimate of drug-likeness (QED) is 0.187. The highest BCUT2D eigenvalue weighted by molar-refractivity contribution is 6.26. The molecule has 0 atom stereocenters. The fourth-order valence-electron chi connectivity index (χ4n) is 9.62. The van der Waals surface area contributed by atoms with Gasteiger partial charge in [-0.2, -0.15) is 0 Å². The average Bonchev–Trinajstić information content (AvgIpc) is 3.42. The van der Waals surface area contributed by atoms with Crippen LogP contribution in [0.3, 0.4) is 0 Å². The maximum absolute atomic E-state index is 2.67. The van der Waals surface area contributed by atoms with Crippen LogP contribution in [-0.2, 0) is 5.41 Å². The van der Waals surface area contributed by atoms with Crippen molar-refractivity contribution in [1.29, 1.82) is 0 Å². The summed E-state index contributed by atoms with van der Waals surface area (Å²) in [5, 5.41) is 5.29. The Morgan fingerprint density at radius 1 is 0.326 bits per heavy atom. The van der Waals surface area contributed by atoms with Crippen LogP contribution >= 0.6 is 0 Å². The summed E-state index contributed by atoms with van der Waals surface area (Å²) in [6, 6.07) is 57.4. The van der Waals surface area contributed by atoms with Gasteiger partial charge in [0.1, 0.15) is 0 Å². The van der Waals surface area contributed by atoms with E-state index in [1.807, 2.05) is 0 Å². The average molecular weight is 580 g/mol. The lowest BCUT2D eigenvalue weighted by atomic mass is 9.62. The topological polar surface area (TPSA) is 3.24 Å². The number of nitrogens with zero attached hydrogens (tertiary/aromatic N) is 1. The molecule has 3 heterocycles. The molecule has 0 saturated carbocycles. The van der Waals surface area contributed by atoms with Gasteiger partial charge in [-0.1, -0.05) is 140 Å². The molecule has 0 fully saturated rings. The minimum atomic E-state index is -0.421. The third kappa shape index (κ3) is 2.45. The van der Waals surface area contributed by atoms with Crippen LogP contribution in [-0.4, -0.2) is 0 Å². The number of hydrogen-bond donors (Lipinski definition) is 0. The molecule has 0 radical (unpaired) electrons. The van der Waals surface area contributed by atoms with E-state index in [2.05, 4.69) is 157 Å². The largest absolute Gasteiger partial charge is 0.307 e. The third-order valence-corrected chi connectivity index (χ3v) is 11.3. The van der Waals surface area contributed by atoms with E-state index < -0.39 is 5.41 Å². The zero-order valence-electron chi connectivity index (χ0n) is 24.9. The van der Waals surface area contributed by atoms with Crippen LogP contribution in [0, 0.1) is 0 Å². The van der Waals surface area contributed by atoms with E-state index in [4.69, 9.17) is 0 Å². The van der Waals surface area contributed by atoms with Crippen molar-refractivity contribution in [2.24, 2.45) is 0 Å². The van der Waals surface area contributed by atoms with Crippen molar-refractivity contribution in [1.82, 2.24) is 0 Å². The number of fused-ring (bicyclic) bond motifs is 9. The Hall–Kier alpha value is -5.92. The Kier molecular flexibility index (Phi) is 3.99. The van der Waals surface area contributed by atoms with E-state index in [1.54, 1.807) is 0 Å².